The zero-order chi connectivity index (χ0) is 9.97. The number of hydrogen-bond acceptors (Lipinski definition) is 1. The van der Waals surface area contributed by atoms with Gasteiger partial charge in [0.1, 0.15) is 0 Å². The molecular weight excluding hydrogens is 170 g/mol. The summed E-state index contributed by atoms with van der Waals surface area (Å²) in [5, 5.41) is 3.36. The molecule has 0 radical (unpaired) electrons. The molecule has 2 rings (SSSR count). The number of hydrogen-bond donors (Lipinski definition) is 1. The standard InChI is InChI=1S/C13H19N/c1-3-13(14-2)12-8-7-10-5-4-6-11(10)9-12/h7-9,13-14H,3-6H2,1-2H3. The number of aryl methyl sites for hydroxylation is 2. The van der Waals surface area contributed by atoms with Crippen LogP contribution >= 0.6 is 0 Å². The van der Waals surface area contributed by atoms with Gasteiger partial charge in [-0.15, -0.1) is 0 Å². The van der Waals surface area contributed by atoms with E-state index in [9.17, 15) is 0 Å². The topological polar surface area (TPSA) is 12.0 Å². The van der Waals surface area contributed by atoms with Crippen molar-refractivity contribution < 1.29 is 0 Å². The van der Waals surface area contributed by atoms with Gasteiger partial charge in [0.15, 0.2) is 0 Å². The number of fused-ring (bicyclic) bond motifs is 1. The Kier molecular flexibility index (Phi) is 2.87. The molecule has 0 aliphatic heterocycles. The van der Waals surface area contributed by atoms with E-state index in [-0.39, 0.29) is 0 Å². The minimum absolute atomic E-state index is 0.529. The molecular formula is C13H19N. The van der Waals surface area contributed by atoms with Crippen molar-refractivity contribution in [3.8, 4) is 0 Å². The molecule has 0 amide bonds. The summed E-state index contributed by atoms with van der Waals surface area (Å²) in [7, 11) is 2.04. The maximum atomic E-state index is 3.36. The molecule has 1 aromatic carbocycles. The van der Waals surface area contributed by atoms with Crippen LogP contribution in [0.2, 0.25) is 0 Å². The van der Waals surface area contributed by atoms with E-state index in [2.05, 4.69) is 30.4 Å². The quantitative estimate of drug-likeness (QED) is 0.771. The zero-order valence-electron chi connectivity index (χ0n) is 9.14. The van der Waals surface area contributed by atoms with E-state index >= 15 is 0 Å². The lowest BCUT2D eigenvalue weighted by Crippen LogP contribution is -2.15. The fourth-order valence-electron chi connectivity index (χ4n) is 2.41. The maximum absolute atomic E-state index is 3.36. The second-order valence-corrected chi connectivity index (χ2v) is 4.13. The Labute approximate surface area is 86.5 Å². The van der Waals surface area contributed by atoms with Crippen molar-refractivity contribution in [2.45, 2.75) is 38.6 Å². The Bertz CT molecular complexity index is 313. The van der Waals surface area contributed by atoms with Crippen LogP contribution in [0, 0.1) is 0 Å². The maximum Gasteiger partial charge on any atom is 0.0314 e. The number of rotatable bonds is 3. The molecule has 1 aromatic rings. The molecule has 0 aromatic heterocycles. The average Bonchev–Trinajstić information content (AvgIpc) is 2.66. The first-order valence-electron chi connectivity index (χ1n) is 5.64. The molecule has 1 heteroatoms. The smallest absolute Gasteiger partial charge is 0.0314 e. The molecule has 0 heterocycles. The highest BCUT2D eigenvalue weighted by molar-refractivity contribution is 5.36. The first-order valence-corrected chi connectivity index (χ1v) is 5.64. The van der Waals surface area contributed by atoms with Gasteiger partial charge in [-0.3, -0.25) is 0 Å². The van der Waals surface area contributed by atoms with Crippen molar-refractivity contribution in [2.75, 3.05) is 7.05 Å². The van der Waals surface area contributed by atoms with Crippen LogP contribution in [0.15, 0.2) is 18.2 Å². The fourth-order valence-corrected chi connectivity index (χ4v) is 2.41. The third kappa shape index (κ3) is 1.69. The highest BCUT2D eigenvalue weighted by Crippen LogP contribution is 2.26. The molecule has 1 atom stereocenters. The van der Waals surface area contributed by atoms with Crippen molar-refractivity contribution in [2.24, 2.45) is 0 Å². The van der Waals surface area contributed by atoms with Crippen LogP contribution in [-0.2, 0) is 12.8 Å². The average molecular weight is 189 g/mol. The van der Waals surface area contributed by atoms with E-state index in [0.29, 0.717) is 6.04 Å². The largest absolute Gasteiger partial charge is 0.313 e. The van der Waals surface area contributed by atoms with Crippen molar-refractivity contribution in [1.82, 2.24) is 5.32 Å². The van der Waals surface area contributed by atoms with E-state index < -0.39 is 0 Å². The third-order valence-electron chi connectivity index (χ3n) is 3.28. The zero-order valence-corrected chi connectivity index (χ0v) is 9.14. The molecule has 0 fully saturated rings. The van der Waals surface area contributed by atoms with Gasteiger partial charge in [-0.25, -0.2) is 0 Å². The van der Waals surface area contributed by atoms with Gasteiger partial charge in [0.25, 0.3) is 0 Å². The van der Waals surface area contributed by atoms with Gasteiger partial charge < -0.3 is 5.32 Å². The minimum atomic E-state index is 0.529. The monoisotopic (exact) mass is 189 g/mol. The third-order valence-corrected chi connectivity index (χ3v) is 3.28. The molecule has 1 N–H and O–H groups in total. The normalized spacial score (nSPS) is 16.7. The van der Waals surface area contributed by atoms with Crippen molar-refractivity contribution in [1.29, 1.82) is 0 Å². The molecule has 76 valence electrons. The molecule has 0 spiro atoms. The van der Waals surface area contributed by atoms with E-state index in [1.54, 1.807) is 11.1 Å². The molecule has 1 nitrogen and oxygen atoms in total. The summed E-state index contributed by atoms with van der Waals surface area (Å²) in [6, 6.07) is 7.53. The van der Waals surface area contributed by atoms with Gasteiger partial charge in [0, 0.05) is 6.04 Å². The van der Waals surface area contributed by atoms with Gasteiger partial charge in [0.2, 0.25) is 0 Å². The number of nitrogens with one attached hydrogen (secondary N) is 1. The van der Waals surface area contributed by atoms with Gasteiger partial charge in [-0.05, 0) is 49.4 Å². The van der Waals surface area contributed by atoms with Crippen LogP contribution in [0.25, 0.3) is 0 Å². The molecule has 1 aliphatic carbocycles. The first kappa shape index (κ1) is 9.72. The fraction of sp³-hybridized carbons (Fsp3) is 0.538. The predicted octanol–water partition coefficient (Wildman–Crippen LogP) is 2.85. The summed E-state index contributed by atoms with van der Waals surface area (Å²) >= 11 is 0. The Hall–Kier alpha value is -0.820. The van der Waals surface area contributed by atoms with Gasteiger partial charge >= 0.3 is 0 Å². The lowest BCUT2D eigenvalue weighted by atomic mass is 10.00. The Morgan fingerprint density at radius 1 is 1.29 bits per heavy atom. The Morgan fingerprint density at radius 3 is 2.79 bits per heavy atom. The lowest BCUT2D eigenvalue weighted by Gasteiger charge is -2.15. The molecule has 14 heavy (non-hydrogen) atoms. The van der Waals surface area contributed by atoms with E-state index in [1.807, 2.05) is 7.05 Å². The van der Waals surface area contributed by atoms with Gasteiger partial charge in [0.05, 0.1) is 0 Å². The van der Waals surface area contributed by atoms with Crippen LogP contribution in [0.5, 0.6) is 0 Å². The lowest BCUT2D eigenvalue weighted by molar-refractivity contribution is 0.576. The van der Waals surface area contributed by atoms with E-state index in [0.717, 1.165) is 6.42 Å². The highest BCUT2D eigenvalue weighted by Gasteiger charge is 2.13. The first-order chi connectivity index (χ1) is 6.85. The minimum Gasteiger partial charge on any atom is -0.313 e. The predicted molar refractivity (Wildman–Crippen MR) is 60.6 cm³/mol. The molecule has 0 saturated carbocycles. The van der Waals surface area contributed by atoms with Crippen LogP contribution in [-0.4, -0.2) is 7.05 Å². The summed E-state index contributed by atoms with van der Waals surface area (Å²) in [4.78, 5) is 0. The van der Waals surface area contributed by atoms with Gasteiger partial charge in [-0.1, -0.05) is 25.1 Å². The van der Waals surface area contributed by atoms with Crippen LogP contribution in [0.4, 0.5) is 0 Å². The molecule has 1 unspecified atom stereocenters. The van der Waals surface area contributed by atoms with Crippen molar-refractivity contribution in [3.05, 3.63) is 34.9 Å². The Balaban J connectivity index is 2.27. The summed E-state index contributed by atoms with van der Waals surface area (Å²) in [6.07, 6.45) is 5.07. The summed E-state index contributed by atoms with van der Waals surface area (Å²) < 4.78 is 0. The SMILES string of the molecule is CCC(NC)c1ccc2c(c1)CCC2. The van der Waals surface area contributed by atoms with Crippen LogP contribution in [0.1, 0.15) is 42.5 Å². The molecule has 1 aliphatic rings. The van der Waals surface area contributed by atoms with Gasteiger partial charge in [-0.2, -0.15) is 0 Å². The second-order valence-electron chi connectivity index (χ2n) is 4.13. The van der Waals surface area contributed by atoms with E-state index in [1.165, 1.54) is 24.8 Å². The summed E-state index contributed by atoms with van der Waals surface area (Å²) in [5.74, 6) is 0. The molecule has 0 saturated heterocycles. The summed E-state index contributed by atoms with van der Waals surface area (Å²) in [6.45, 7) is 2.23. The van der Waals surface area contributed by atoms with Crippen LogP contribution in [0.3, 0.4) is 0 Å². The van der Waals surface area contributed by atoms with Crippen molar-refractivity contribution in [3.63, 3.8) is 0 Å². The Morgan fingerprint density at radius 2 is 2.07 bits per heavy atom. The van der Waals surface area contributed by atoms with E-state index in [4.69, 9.17) is 0 Å². The highest BCUT2D eigenvalue weighted by atomic mass is 14.9. The molecule has 0 bridgehead atoms. The van der Waals surface area contributed by atoms with Crippen molar-refractivity contribution >= 4 is 0 Å². The van der Waals surface area contributed by atoms with Crippen LogP contribution < -0.4 is 5.32 Å². The summed E-state index contributed by atoms with van der Waals surface area (Å²) in [5.41, 5.74) is 4.60. The number of benzene rings is 1. The second kappa shape index (κ2) is 4.14.